The van der Waals surface area contributed by atoms with Crippen LogP contribution in [0, 0.1) is 0 Å². The molecule has 3 heteroatoms. The minimum absolute atomic E-state index is 0.0379. The molecule has 0 saturated carbocycles. The summed E-state index contributed by atoms with van der Waals surface area (Å²) in [4.78, 5) is 4.23. The highest BCUT2D eigenvalue weighted by molar-refractivity contribution is 5.12. The van der Waals surface area contributed by atoms with E-state index in [1.165, 1.54) is 5.69 Å². The van der Waals surface area contributed by atoms with Gasteiger partial charge in [0.05, 0.1) is 23.8 Å². The molecule has 0 fully saturated rings. The molecule has 1 aromatic rings. The molecule has 0 saturated heterocycles. The second kappa shape index (κ2) is 3.39. The zero-order valence-electron chi connectivity index (χ0n) is 10.0. The Labute approximate surface area is 86.5 Å². The summed E-state index contributed by atoms with van der Waals surface area (Å²) < 4.78 is 2.21. The van der Waals surface area contributed by atoms with Crippen LogP contribution in [0.5, 0.6) is 0 Å². The van der Waals surface area contributed by atoms with Crippen molar-refractivity contribution in [1.82, 2.24) is 14.9 Å². The van der Waals surface area contributed by atoms with Crippen molar-refractivity contribution in [1.29, 1.82) is 0 Å². The van der Waals surface area contributed by atoms with Crippen molar-refractivity contribution in [3.63, 3.8) is 0 Å². The molecule has 0 unspecified atom stereocenters. The Balaban J connectivity index is 3.18. The Morgan fingerprint density at radius 3 is 2.21 bits per heavy atom. The number of aromatic nitrogens is 2. The number of rotatable bonds is 2. The maximum atomic E-state index is 4.23. The Kier molecular flexibility index (Phi) is 2.72. The average Bonchev–Trinajstić information content (AvgIpc) is 2.51. The lowest BCUT2D eigenvalue weighted by Crippen LogP contribution is -2.38. The average molecular weight is 195 g/mol. The molecule has 3 nitrogen and oxygen atoms in total. The molecular weight excluding hydrogens is 174 g/mol. The van der Waals surface area contributed by atoms with Gasteiger partial charge in [0.25, 0.3) is 0 Å². The highest BCUT2D eigenvalue weighted by Crippen LogP contribution is 2.24. The lowest BCUT2D eigenvalue weighted by molar-refractivity contribution is 0.331. The zero-order valence-corrected chi connectivity index (χ0v) is 10.0. The maximum absolute atomic E-state index is 4.23. The Morgan fingerprint density at radius 2 is 1.79 bits per heavy atom. The topological polar surface area (TPSA) is 29.9 Å². The molecule has 0 spiro atoms. The van der Waals surface area contributed by atoms with Gasteiger partial charge in [-0.1, -0.05) is 0 Å². The predicted octanol–water partition coefficient (Wildman–Crippen LogP) is 2.09. The molecule has 0 aliphatic heterocycles. The first-order chi connectivity index (χ1) is 6.29. The van der Waals surface area contributed by atoms with Crippen molar-refractivity contribution in [3.8, 4) is 0 Å². The van der Waals surface area contributed by atoms with Crippen LogP contribution in [0.4, 0.5) is 0 Å². The van der Waals surface area contributed by atoms with E-state index in [9.17, 15) is 0 Å². The second-order valence-electron chi connectivity index (χ2n) is 5.19. The lowest BCUT2D eigenvalue weighted by atomic mass is 9.99. The smallest absolute Gasteiger partial charge is 0.0953 e. The fourth-order valence-corrected chi connectivity index (χ4v) is 1.42. The van der Waals surface area contributed by atoms with Crippen LogP contribution >= 0.6 is 0 Å². The first-order valence-electron chi connectivity index (χ1n) is 5.01. The van der Waals surface area contributed by atoms with Crippen LogP contribution < -0.4 is 5.32 Å². The first kappa shape index (κ1) is 11.2. The van der Waals surface area contributed by atoms with Gasteiger partial charge in [0.2, 0.25) is 0 Å². The third-order valence-electron chi connectivity index (χ3n) is 2.63. The summed E-state index contributed by atoms with van der Waals surface area (Å²) in [5.74, 6) is 0. The molecule has 1 rings (SSSR count). The van der Waals surface area contributed by atoms with Gasteiger partial charge < -0.3 is 9.88 Å². The number of hydrogen-bond donors (Lipinski definition) is 1. The molecule has 1 aromatic heterocycles. The third kappa shape index (κ3) is 1.98. The molecule has 14 heavy (non-hydrogen) atoms. The Hall–Kier alpha value is -0.830. The molecule has 0 amide bonds. The minimum Gasteiger partial charge on any atom is -0.328 e. The van der Waals surface area contributed by atoms with Crippen molar-refractivity contribution in [2.24, 2.45) is 0 Å². The second-order valence-corrected chi connectivity index (χ2v) is 5.19. The van der Waals surface area contributed by atoms with Gasteiger partial charge in [-0.05, 0) is 41.7 Å². The van der Waals surface area contributed by atoms with E-state index in [0.29, 0.717) is 0 Å². The van der Waals surface area contributed by atoms with Crippen LogP contribution in [0.3, 0.4) is 0 Å². The highest BCUT2D eigenvalue weighted by atomic mass is 15.1. The molecule has 0 aliphatic rings. The van der Waals surface area contributed by atoms with Crippen molar-refractivity contribution < 1.29 is 0 Å². The van der Waals surface area contributed by atoms with Gasteiger partial charge in [0.15, 0.2) is 0 Å². The van der Waals surface area contributed by atoms with Gasteiger partial charge in [-0.15, -0.1) is 0 Å². The summed E-state index contributed by atoms with van der Waals surface area (Å²) in [6.45, 7) is 10.9. The Bertz CT molecular complexity index is 305. The third-order valence-corrected chi connectivity index (χ3v) is 2.63. The Morgan fingerprint density at radius 1 is 1.21 bits per heavy atom. The van der Waals surface area contributed by atoms with Crippen LogP contribution in [0.15, 0.2) is 12.5 Å². The van der Waals surface area contributed by atoms with E-state index >= 15 is 0 Å². The number of nitrogens with zero attached hydrogens (tertiary/aromatic N) is 2. The highest BCUT2D eigenvalue weighted by Gasteiger charge is 2.26. The van der Waals surface area contributed by atoms with Gasteiger partial charge in [-0.3, -0.25) is 0 Å². The molecule has 0 aliphatic carbocycles. The van der Waals surface area contributed by atoms with Crippen LogP contribution in [-0.4, -0.2) is 16.6 Å². The van der Waals surface area contributed by atoms with E-state index in [1.807, 2.05) is 19.6 Å². The molecule has 1 N–H and O–H groups in total. The van der Waals surface area contributed by atoms with Gasteiger partial charge >= 0.3 is 0 Å². The van der Waals surface area contributed by atoms with E-state index < -0.39 is 0 Å². The van der Waals surface area contributed by atoms with Crippen molar-refractivity contribution in [2.45, 2.75) is 45.7 Å². The predicted molar refractivity (Wildman–Crippen MR) is 59.3 cm³/mol. The summed E-state index contributed by atoms with van der Waals surface area (Å²) >= 11 is 0. The van der Waals surface area contributed by atoms with Crippen LogP contribution in [0.25, 0.3) is 0 Å². The van der Waals surface area contributed by atoms with Gasteiger partial charge in [-0.25, -0.2) is 4.98 Å². The van der Waals surface area contributed by atoms with E-state index in [0.717, 1.165) is 0 Å². The summed E-state index contributed by atoms with van der Waals surface area (Å²) in [6.07, 6.45) is 3.83. The maximum Gasteiger partial charge on any atom is 0.0953 e. The quantitative estimate of drug-likeness (QED) is 0.783. The molecule has 0 aromatic carbocycles. The van der Waals surface area contributed by atoms with Crippen molar-refractivity contribution >= 4 is 0 Å². The van der Waals surface area contributed by atoms with Gasteiger partial charge in [-0.2, -0.15) is 0 Å². The van der Waals surface area contributed by atoms with Crippen LogP contribution in [0.2, 0.25) is 0 Å². The number of imidazole rings is 1. The fraction of sp³-hybridized carbons (Fsp3) is 0.727. The SMILES string of the molecule is CNC(C)(C)c1cncn1C(C)(C)C. The van der Waals surface area contributed by atoms with Crippen LogP contribution in [-0.2, 0) is 11.1 Å². The van der Waals surface area contributed by atoms with E-state index in [4.69, 9.17) is 0 Å². The molecule has 0 bridgehead atoms. The lowest BCUT2D eigenvalue weighted by Gasteiger charge is -2.31. The molecular formula is C11H21N3. The summed E-state index contributed by atoms with van der Waals surface area (Å²) in [7, 11) is 1.97. The molecule has 0 atom stereocenters. The summed E-state index contributed by atoms with van der Waals surface area (Å²) in [6, 6.07) is 0. The summed E-state index contributed by atoms with van der Waals surface area (Å²) in [5.41, 5.74) is 1.26. The summed E-state index contributed by atoms with van der Waals surface area (Å²) in [5, 5.41) is 3.30. The largest absolute Gasteiger partial charge is 0.328 e. The normalized spacial score (nSPS) is 13.3. The van der Waals surface area contributed by atoms with E-state index in [2.05, 4.69) is 49.5 Å². The molecule has 0 radical (unpaired) electrons. The van der Waals surface area contributed by atoms with Crippen molar-refractivity contribution in [2.75, 3.05) is 7.05 Å². The standard InChI is InChI=1S/C11H21N3/c1-10(2,3)14-8-13-7-9(14)11(4,5)12-6/h7-8,12H,1-6H3. The van der Waals surface area contributed by atoms with Gasteiger partial charge in [0.1, 0.15) is 0 Å². The van der Waals surface area contributed by atoms with Crippen LogP contribution in [0.1, 0.15) is 40.3 Å². The van der Waals surface area contributed by atoms with E-state index in [-0.39, 0.29) is 11.1 Å². The number of hydrogen-bond acceptors (Lipinski definition) is 2. The van der Waals surface area contributed by atoms with E-state index in [1.54, 1.807) is 0 Å². The molecule has 1 heterocycles. The fourth-order valence-electron chi connectivity index (χ4n) is 1.42. The number of nitrogens with one attached hydrogen (secondary N) is 1. The molecule has 80 valence electrons. The van der Waals surface area contributed by atoms with Gasteiger partial charge in [0, 0.05) is 5.54 Å². The monoisotopic (exact) mass is 195 g/mol. The first-order valence-corrected chi connectivity index (χ1v) is 5.01. The van der Waals surface area contributed by atoms with Crippen molar-refractivity contribution in [3.05, 3.63) is 18.2 Å². The minimum atomic E-state index is -0.0379. The zero-order chi connectivity index (χ0) is 11.0.